The van der Waals surface area contributed by atoms with Crippen molar-refractivity contribution in [3.63, 3.8) is 0 Å². The van der Waals surface area contributed by atoms with Crippen LogP contribution in [0.25, 0.3) is 0 Å². The van der Waals surface area contributed by atoms with Gasteiger partial charge in [-0.1, -0.05) is 137 Å². The molecule has 0 N–H and O–H groups in total. The zero-order valence-corrected chi connectivity index (χ0v) is 17.8. The summed E-state index contributed by atoms with van der Waals surface area (Å²) in [6.45, 7) is 9.34. The Hall–Kier alpha value is 0. The molecule has 145 valence electrons. The van der Waals surface area contributed by atoms with Crippen molar-refractivity contribution in [3.05, 3.63) is 6.42 Å². The van der Waals surface area contributed by atoms with Crippen molar-refractivity contribution in [1.29, 1.82) is 0 Å². The first-order valence-corrected chi connectivity index (χ1v) is 11.6. The molecule has 2 atom stereocenters. The van der Waals surface area contributed by atoms with E-state index in [0.29, 0.717) is 0 Å². The molecule has 0 aliphatic rings. The summed E-state index contributed by atoms with van der Waals surface area (Å²) in [6.07, 6.45) is 27.0. The Morgan fingerprint density at radius 3 is 1.17 bits per heavy atom. The minimum absolute atomic E-state index is 0.897. The van der Waals surface area contributed by atoms with Crippen LogP contribution in [0.3, 0.4) is 0 Å². The predicted molar refractivity (Wildman–Crippen MR) is 112 cm³/mol. The van der Waals surface area contributed by atoms with Crippen molar-refractivity contribution in [3.8, 4) is 0 Å². The van der Waals surface area contributed by atoms with Gasteiger partial charge in [0.1, 0.15) is 0 Å². The number of hydrogen-bond acceptors (Lipinski definition) is 0. The molecule has 0 saturated heterocycles. The lowest BCUT2D eigenvalue weighted by molar-refractivity contribution is 0.378. The van der Waals surface area contributed by atoms with E-state index in [9.17, 15) is 0 Å². The molecule has 0 aromatic carbocycles. The highest BCUT2D eigenvalue weighted by molar-refractivity contribution is 4.83. The summed E-state index contributed by atoms with van der Waals surface area (Å²) in [6, 6.07) is 0. The molecule has 1 radical (unpaired) electrons. The maximum Gasteiger partial charge on any atom is -0.0324 e. The minimum atomic E-state index is 0.897. The first-order chi connectivity index (χ1) is 11.8. The van der Waals surface area contributed by atoms with Gasteiger partial charge in [0, 0.05) is 0 Å². The van der Waals surface area contributed by atoms with E-state index in [2.05, 4.69) is 34.1 Å². The molecule has 2 unspecified atom stereocenters. The summed E-state index contributed by atoms with van der Waals surface area (Å²) in [7, 11) is 0. The zero-order valence-electron chi connectivity index (χ0n) is 17.8. The lowest BCUT2D eigenvalue weighted by Crippen LogP contribution is -2.11. The minimum Gasteiger partial charge on any atom is -0.0654 e. The van der Waals surface area contributed by atoms with E-state index in [-0.39, 0.29) is 0 Å². The van der Waals surface area contributed by atoms with Crippen molar-refractivity contribution in [2.45, 2.75) is 137 Å². The summed E-state index contributed by atoms with van der Waals surface area (Å²) in [5.74, 6) is 1.79. The van der Waals surface area contributed by atoms with Crippen LogP contribution in [0.1, 0.15) is 137 Å². The normalized spacial score (nSPS) is 14.0. The SMILES string of the molecule is CCCCCCCCC([CH]C(CCC)CCCCCCC)CCC. The average Bonchev–Trinajstić information content (AvgIpc) is 2.58. The fraction of sp³-hybridized carbons (Fsp3) is 0.958. The van der Waals surface area contributed by atoms with Gasteiger partial charge < -0.3 is 0 Å². The van der Waals surface area contributed by atoms with Crippen molar-refractivity contribution >= 4 is 0 Å². The Kier molecular flexibility index (Phi) is 19.3. The molecular formula is C24H49. The lowest BCUT2D eigenvalue weighted by Gasteiger charge is -2.23. The molecule has 0 saturated carbocycles. The van der Waals surface area contributed by atoms with E-state index in [1.807, 2.05) is 0 Å². The van der Waals surface area contributed by atoms with E-state index in [0.717, 1.165) is 11.8 Å². The monoisotopic (exact) mass is 337 g/mol. The third-order valence-corrected chi connectivity index (χ3v) is 5.47. The molecule has 0 amide bonds. The molecule has 0 aliphatic carbocycles. The fourth-order valence-corrected chi connectivity index (χ4v) is 4.00. The summed E-state index contributed by atoms with van der Waals surface area (Å²) >= 11 is 0. The summed E-state index contributed by atoms with van der Waals surface area (Å²) in [5.41, 5.74) is 0. The van der Waals surface area contributed by atoms with Gasteiger partial charge in [-0.05, 0) is 18.3 Å². The molecule has 0 fully saturated rings. The van der Waals surface area contributed by atoms with Gasteiger partial charge in [-0.2, -0.15) is 0 Å². The van der Waals surface area contributed by atoms with Gasteiger partial charge in [0.05, 0.1) is 0 Å². The second-order valence-corrected chi connectivity index (χ2v) is 8.05. The van der Waals surface area contributed by atoms with E-state index in [4.69, 9.17) is 0 Å². The third kappa shape index (κ3) is 15.5. The van der Waals surface area contributed by atoms with Crippen LogP contribution in [-0.2, 0) is 0 Å². The average molecular weight is 338 g/mol. The first-order valence-electron chi connectivity index (χ1n) is 11.6. The second-order valence-electron chi connectivity index (χ2n) is 8.05. The Morgan fingerprint density at radius 1 is 0.417 bits per heavy atom. The number of unbranched alkanes of at least 4 members (excludes halogenated alkanes) is 9. The van der Waals surface area contributed by atoms with Crippen LogP contribution < -0.4 is 0 Å². The van der Waals surface area contributed by atoms with E-state index >= 15 is 0 Å². The smallest absolute Gasteiger partial charge is 0.0324 e. The Labute approximate surface area is 155 Å². The molecule has 0 heteroatoms. The highest BCUT2D eigenvalue weighted by Crippen LogP contribution is 2.28. The molecule has 0 aromatic rings. The highest BCUT2D eigenvalue weighted by Gasteiger charge is 2.15. The van der Waals surface area contributed by atoms with E-state index < -0.39 is 0 Å². The Morgan fingerprint density at radius 2 is 0.792 bits per heavy atom. The van der Waals surface area contributed by atoms with Gasteiger partial charge in [0.25, 0.3) is 0 Å². The summed E-state index contributed by atoms with van der Waals surface area (Å²) < 4.78 is 0. The summed E-state index contributed by atoms with van der Waals surface area (Å²) in [4.78, 5) is 0. The van der Waals surface area contributed by atoms with Gasteiger partial charge in [-0.3, -0.25) is 0 Å². The van der Waals surface area contributed by atoms with Gasteiger partial charge in [0.2, 0.25) is 0 Å². The van der Waals surface area contributed by atoms with Crippen LogP contribution >= 0.6 is 0 Å². The molecule has 24 heavy (non-hydrogen) atoms. The number of hydrogen-bond donors (Lipinski definition) is 0. The van der Waals surface area contributed by atoms with Crippen molar-refractivity contribution < 1.29 is 0 Å². The highest BCUT2D eigenvalue weighted by atomic mass is 14.2. The maximum atomic E-state index is 2.79. The quantitative estimate of drug-likeness (QED) is 0.206. The van der Waals surface area contributed by atoms with Gasteiger partial charge in [-0.25, -0.2) is 0 Å². The fourth-order valence-electron chi connectivity index (χ4n) is 4.00. The third-order valence-electron chi connectivity index (χ3n) is 5.47. The van der Waals surface area contributed by atoms with Gasteiger partial charge in [-0.15, -0.1) is 0 Å². The molecule has 0 spiro atoms. The van der Waals surface area contributed by atoms with Crippen LogP contribution in [0.5, 0.6) is 0 Å². The predicted octanol–water partition coefficient (Wildman–Crippen LogP) is 9.13. The Balaban J connectivity index is 4.00. The maximum absolute atomic E-state index is 2.79. The van der Waals surface area contributed by atoms with Crippen molar-refractivity contribution in [2.75, 3.05) is 0 Å². The van der Waals surface area contributed by atoms with Crippen LogP contribution in [0.2, 0.25) is 0 Å². The summed E-state index contributed by atoms with van der Waals surface area (Å²) in [5, 5.41) is 0. The topological polar surface area (TPSA) is 0 Å². The second kappa shape index (κ2) is 19.3. The molecule has 0 rings (SSSR count). The van der Waals surface area contributed by atoms with Gasteiger partial charge >= 0.3 is 0 Å². The van der Waals surface area contributed by atoms with Crippen LogP contribution in [-0.4, -0.2) is 0 Å². The number of rotatable bonds is 19. The molecule has 0 nitrogen and oxygen atoms in total. The van der Waals surface area contributed by atoms with Crippen molar-refractivity contribution in [2.24, 2.45) is 11.8 Å². The van der Waals surface area contributed by atoms with Crippen LogP contribution in [0, 0.1) is 18.3 Å². The molecule has 0 aromatic heterocycles. The van der Waals surface area contributed by atoms with E-state index in [1.54, 1.807) is 0 Å². The van der Waals surface area contributed by atoms with Crippen LogP contribution in [0.4, 0.5) is 0 Å². The van der Waals surface area contributed by atoms with Gasteiger partial charge in [0.15, 0.2) is 0 Å². The Bertz CT molecular complexity index is 220. The molecule has 0 bridgehead atoms. The van der Waals surface area contributed by atoms with E-state index in [1.165, 1.54) is 109 Å². The molecule has 0 aliphatic heterocycles. The standard InChI is InChI=1S/C24H49/c1-5-9-11-13-15-17-21-24(19-8-4)22-23(18-7-3)20-16-14-12-10-6-2/h22-24H,5-21H2,1-4H3. The largest absolute Gasteiger partial charge is 0.0654 e. The van der Waals surface area contributed by atoms with Crippen molar-refractivity contribution in [1.82, 2.24) is 0 Å². The van der Waals surface area contributed by atoms with Crippen LogP contribution in [0.15, 0.2) is 0 Å². The lowest BCUT2D eigenvalue weighted by atomic mass is 9.83. The molecular weight excluding hydrogens is 288 g/mol. The molecule has 0 heterocycles. The first kappa shape index (κ1) is 24.0. The zero-order chi connectivity index (χ0) is 17.9.